The van der Waals surface area contributed by atoms with Crippen molar-refractivity contribution in [3.63, 3.8) is 0 Å². The predicted molar refractivity (Wildman–Crippen MR) is 89.2 cm³/mol. The quantitative estimate of drug-likeness (QED) is 0.799. The Labute approximate surface area is 138 Å². The molecule has 0 atom stereocenters. The van der Waals surface area contributed by atoms with Gasteiger partial charge in [0, 0.05) is 36.1 Å². The summed E-state index contributed by atoms with van der Waals surface area (Å²) in [6.07, 6.45) is 3.30. The molecule has 1 N–H and O–H groups in total. The molecule has 118 valence electrons. The Morgan fingerprint density at radius 2 is 2.09 bits per heavy atom. The van der Waals surface area contributed by atoms with Crippen molar-refractivity contribution in [2.75, 3.05) is 0 Å². The van der Waals surface area contributed by atoms with Gasteiger partial charge in [0.1, 0.15) is 0 Å². The first-order chi connectivity index (χ1) is 11.1. The summed E-state index contributed by atoms with van der Waals surface area (Å²) >= 11 is 1.60. The summed E-state index contributed by atoms with van der Waals surface area (Å²) in [5, 5.41) is 11.2. The van der Waals surface area contributed by atoms with Crippen LogP contribution in [0.5, 0.6) is 0 Å². The summed E-state index contributed by atoms with van der Waals surface area (Å²) in [4.78, 5) is 21.2. The van der Waals surface area contributed by atoms with Gasteiger partial charge in [-0.25, -0.2) is 0 Å². The van der Waals surface area contributed by atoms with Gasteiger partial charge in [0.15, 0.2) is 0 Å². The van der Waals surface area contributed by atoms with Crippen molar-refractivity contribution < 1.29 is 4.79 Å². The molecule has 3 aromatic rings. The molecule has 23 heavy (non-hydrogen) atoms. The number of aromatic nitrogens is 4. The van der Waals surface area contributed by atoms with Crippen molar-refractivity contribution in [3.05, 3.63) is 51.9 Å². The van der Waals surface area contributed by atoms with Gasteiger partial charge in [0.05, 0.1) is 29.2 Å². The molecule has 0 aliphatic carbocycles. The normalized spacial score (nSPS) is 10.7. The smallest absolute Gasteiger partial charge is 0.255 e. The van der Waals surface area contributed by atoms with Crippen LogP contribution in [-0.4, -0.2) is 25.7 Å². The molecule has 0 bridgehead atoms. The highest BCUT2D eigenvalue weighted by molar-refractivity contribution is 7.08. The molecule has 3 rings (SSSR count). The van der Waals surface area contributed by atoms with Crippen LogP contribution < -0.4 is 5.32 Å². The van der Waals surface area contributed by atoms with Crippen molar-refractivity contribution in [1.82, 2.24) is 25.1 Å². The van der Waals surface area contributed by atoms with Gasteiger partial charge >= 0.3 is 0 Å². The fraction of sp³-hybridized carbons (Fsp3) is 0.250. The van der Waals surface area contributed by atoms with E-state index in [1.54, 1.807) is 28.4 Å². The third-order valence-electron chi connectivity index (χ3n) is 3.72. The lowest BCUT2D eigenvalue weighted by Crippen LogP contribution is -2.25. The van der Waals surface area contributed by atoms with Gasteiger partial charge in [-0.05, 0) is 25.3 Å². The number of rotatable bonds is 4. The Morgan fingerprint density at radius 3 is 2.74 bits per heavy atom. The van der Waals surface area contributed by atoms with Crippen LogP contribution in [0.25, 0.3) is 11.3 Å². The fourth-order valence-electron chi connectivity index (χ4n) is 2.49. The summed E-state index contributed by atoms with van der Waals surface area (Å²) in [6.45, 7) is 4.04. The molecule has 6 nitrogen and oxygen atoms in total. The molecule has 0 spiro atoms. The number of hydrogen-bond donors (Lipinski definition) is 1. The second-order valence-corrected chi connectivity index (χ2v) is 6.00. The lowest BCUT2D eigenvalue weighted by molar-refractivity contribution is 0.0949. The minimum Gasteiger partial charge on any atom is -0.346 e. The number of carbonyl (C=O) groups is 1. The van der Waals surface area contributed by atoms with Crippen LogP contribution in [0.1, 0.15) is 27.4 Å². The van der Waals surface area contributed by atoms with Gasteiger partial charge in [-0.15, -0.1) is 0 Å². The van der Waals surface area contributed by atoms with Crippen LogP contribution in [-0.2, 0) is 13.6 Å². The zero-order chi connectivity index (χ0) is 16.4. The van der Waals surface area contributed by atoms with Crippen molar-refractivity contribution in [1.29, 1.82) is 0 Å². The van der Waals surface area contributed by atoms with Crippen LogP contribution in [0.4, 0.5) is 0 Å². The van der Waals surface area contributed by atoms with Crippen LogP contribution in [0.2, 0.25) is 0 Å². The number of carbonyl (C=O) groups excluding carboxylic acids is 1. The number of thiophene rings is 1. The maximum atomic E-state index is 12.5. The van der Waals surface area contributed by atoms with Gasteiger partial charge in [0.25, 0.3) is 5.91 Å². The highest BCUT2D eigenvalue weighted by atomic mass is 32.1. The highest BCUT2D eigenvalue weighted by Gasteiger charge is 2.18. The van der Waals surface area contributed by atoms with E-state index in [4.69, 9.17) is 0 Å². The number of nitrogens with zero attached hydrogens (tertiary/aromatic N) is 4. The van der Waals surface area contributed by atoms with E-state index in [0.717, 1.165) is 28.3 Å². The first-order valence-corrected chi connectivity index (χ1v) is 8.13. The van der Waals surface area contributed by atoms with Crippen molar-refractivity contribution in [3.8, 4) is 11.3 Å². The van der Waals surface area contributed by atoms with E-state index in [-0.39, 0.29) is 5.91 Å². The molecule has 3 heterocycles. The first kappa shape index (κ1) is 15.4. The summed E-state index contributed by atoms with van der Waals surface area (Å²) in [5.41, 5.74) is 4.75. The Kier molecular flexibility index (Phi) is 4.20. The van der Waals surface area contributed by atoms with E-state index in [0.29, 0.717) is 12.1 Å². The Bertz CT molecular complexity index is 838. The minimum atomic E-state index is -0.143. The van der Waals surface area contributed by atoms with Gasteiger partial charge in [-0.1, -0.05) is 0 Å². The molecular formula is C16H17N5OS. The number of nitrogens with one attached hydrogen (secondary N) is 1. The molecule has 0 saturated carbocycles. The molecule has 0 unspecified atom stereocenters. The average molecular weight is 327 g/mol. The molecule has 0 saturated heterocycles. The van der Waals surface area contributed by atoms with Crippen LogP contribution >= 0.6 is 11.3 Å². The van der Waals surface area contributed by atoms with E-state index >= 15 is 0 Å². The summed E-state index contributed by atoms with van der Waals surface area (Å²) < 4.78 is 1.71. The summed E-state index contributed by atoms with van der Waals surface area (Å²) in [7, 11) is 1.83. The average Bonchev–Trinajstić information content (AvgIpc) is 3.15. The zero-order valence-corrected chi connectivity index (χ0v) is 14.0. The van der Waals surface area contributed by atoms with E-state index in [1.807, 2.05) is 37.7 Å². The van der Waals surface area contributed by atoms with Crippen LogP contribution in [0.15, 0.2) is 29.2 Å². The van der Waals surface area contributed by atoms with Crippen LogP contribution in [0.3, 0.4) is 0 Å². The lowest BCUT2D eigenvalue weighted by Gasteiger charge is -2.08. The topological polar surface area (TPSA) is 72.7 Å². The largest absolute Gasteiger partial charge is 0.346 e. The molecule has 0 aromatic carbocycles. The third-order valence-corrected chi connectivity index (χ3v) is 4.40. The predicted octanol–water partition coefficient (Wildman–Crippen LogP) is 2.49. The van der Waals surface area contributed by atoms with E-state index in [1.165, 1.54) is 0 Å². The molecule has 0 aliphatic rings. The van der Waals surface area contributed by atoms with Gasteiger partial charge < -0.3 is 5.32 Å². The van der Waals surface area contributed by atoms with Crippen molar-refractivity contribution in [2.45, 2.75) is 20.4 Å². The van der Waals surface area contributed by atoms with E-state index in [9.17, 15) is 4.79 Å². The third kappa shape index (κ3) is 3.00. The highest BCUT2D eigenvalue weighted by Crippen LogP contribution is 2.22. The Morgan fingerprint density at radius 1 is 1.30 bits per heavy atom. The molecule has 1 amide bonds. The fourth-order valence-corrected chi connectivity index (χ4v) is 3.13. The zero-order valence-electron chi connectivity index (χ0n) is 13.2. The molecule has 0 fully saturated rings. The van der Waals surface area contributed by atoms with Gasteiger partial charge in [-0.3, -0.25) is 19.4 Å². The summed E-state index contributed by atoms with van der Waals surface area (Å²) in [6, 6.07) is 2.00. The van der Waals surface area contributed by atoms with E-state index < -0.39 is 0 Å². The van der Waals surface area contributed by atoms with E-state index in [2.05, 4.69) is 20.4 Å². The standard InChI is InChI=1S/C16H17N5OS/c1-10-14(11(2)21(3)20-10)16(22)19-8-13-15(18-6-5-17-13)12-4-7-23-9-12/h4-7,9H,8H2,1-3H3,(H,19,22). The first-order valence-electron chi connectivity index (χ1n) is 7.18. The molecule has 0 aliphatic heterocycles. The molecule has 0 radical (unpaired) electrons. The lowest BCUT2D eigenvalue weighted by atomic mass is 10.1. The van der Waals surface area contributed by atoms with Gasteiger partial charge in [-0.2, -0.15) is 16.4 Å². The van der Waals surface area contributed by atoms with Gasteiger partial charge in [0.2, 0.25) is 0 Å². The molecule has 7 heteroatoms. The number of aryl methyl sites for hydroxylation is 2. The Hall–Kier alpha value is -2.54. The Balaban J connectivity index is 1.80. The monoisotopic (exact) mass is 327 g/mol. The second kappa shape index (κ2) is 6.29. The molecular weight excluding hydrogens is 310 g/mol. The maximum Gasteiger partial charge on any atom is 0.255 e. The van der Waals surface area contributed by atoms with Crippen molar-refractivity contribution in [2.24, 2.45) is 7.05 Å². The van der Waals surface area contributed by atoms with Crippen molar-refractivity contribution >= 4 is 17.2 Å². The van der Waals surface area contributed by atoms with Crippen LogP contribution in [0, 0.1) is 13.8 Å². The number of hydrogen-bond acceptors (Lipinski definition) is 5. The molecule has 3 aromatic heterocycles. The number of amides is 1. The maximum absolute atomic E-state index is 12.5. The minimum absolute atomic E-state index is 0.143. The second-order valence-electron chi connectivity index (χ2n) is 5.22. The SMILES string of the molecule is Cc1nn(C)c(C)c1C(=O)NCc1nccnc1-c1ccsc1. The summed E-state index contributed by atoms with van der Waals surface area (Å²) in [5.74, 6) is -0.143.